The maximum absolute atomic E-state index is 11.3. The second kappa shape index (κ2) is 5.31. The van der Waals surface area contributed by atoms with Gasteiger partial charge in [-0.2, -0.15) is 0 Å². The van der Waals surface area contributed by atoms with Crippen LogP contribution in [0.1, 0.15) is 31.9 Å². The van der Waals surface area contributed by atoms with E-state index in [4.69, 9.17) is 0 Å². The van der Waals surface area contributed by atoms with Gasteiger partial charge in [0.05, 0.1) is 10.9 Å². The van der Waals surface area contributed by atoms with Gasteiger partial charge in [0.15, 0.2) is 9.84 Å². The molecule has 5 heteroatoms. The van der Waals surface area contributed by atoms with E-state index in [1.165, 1.54) is 6.26 Å². The van der Waals surface area contributed by atoms with Crippen molar-refractivity contribution >= 4 is 15.7 Å². The number of amides is 1. The topological polar surface area (TPSA) is 63.2 Å². The minimum absolute atomic E-state index is 0.0234. The number of rotatable bonds is 4. The molecule has 0 bridgehead atoms. The van der Waals surface area contributed by atoms with E-state index in [-0.39, 0.29) is 16.8 Å². The normalized spacial score (nSPS) is 13.1. The fourth-order valence-electron chi connectivity index (χ4n) is 1.43. The summed E-state index contributed by atoms with van der Waals surface area (Å²) < 4.78 is 22.5. The fraction of sp³-hybridized carbons (Fsp3) is 0.417. The summed E-state index contributed by atoms with van der Waals surface area (Å²) in [5, 5.41) is 2.82. The smallest absolute Gasteiger partial charge is 0.220 e. The Kier molecular flexibility index (Phi) is 4.28. The molecule has 0 spiro atoms. The largest absolute Gasteiger partial charge is 0.350 e. The van der Waals surface area contributed by atoms with Crippen LogP contribution in [-0.2, 0) is 14.6 Å². The lowest BCUT2D eigenvalue weighted by atomic mass is 10.1. The number of benzene rings is 1. The molecular formula is C12H17NO3S. The second-order valence-electron chi connectivity index (χ2n) is 3.98. The van der Waals surface area contributed by atoms with Gasteiger partial charge >= 0.3 is 0 Å². The first kappa shape index (κ1) is 13.7. The molecule has 1 aromatic rings. The number of sulfone groups is 1. The summed E-state index contributed by atoms with van der Waals surface area (Å²) >= 11 is 0. The number of carbonyl (C=O) groups is 1. The Hall–Kier alpha value is -1.36. The van der Waals surface area contributed by atoms with Gasteiger partial charge in [0.25, 0.3) is 0 Å². The van der Waals surface area contributed by atoms with Crippen LogP contribution in [0.4, 0.5) is 0 Å². The van der Waals surface area contributed by atoms with Gasteiger partial charge in [0.2, 0.25) is 5.91 Å². The maximum Gasteiger partial charge on any atom is 0.220 e. The molecule has 0 saturated heterocycles. The monoisotopic (exact) mass is 255 g/mol. The van der Waals surface area contributed by atoms with Crippen LogP contribution in [0.15, 0.2) is 29.2 Å². The van der Waals surface area contributed by atoms with Crippen molar-refractivity contribution in [3.63, 3.8) is 0 Å². The van der Waals surface area contributed by atoms with Crippen LogP contribution in [0.25, 0.3) is 0 Å². The molecule has 0 aliphatic rings. The number of hydrogen-bond acceptors (Lipinski definition) is 3. The van der Waals surface area contributed by atoms with E-state index in [9.17, 15) is 13.2 Å². The zero-order valence-electron chi connectivity index (χ0n) is 10.2. The summed E-state index contributed by atoms with van der Waals surface area (Å²) in [4.78, 5) is 11.5. The Morgan fingerprint density at radius 2 is 1.82 bits per heavy atom. The van der Waals surface area contributed by atoms with Crippen molar-refractivity contribution in [2.45, 2.75) is 31.2 Å². The van der Waals surface area contributed by atoms with Crippen LogP contribution >= 0.6 is 0 Å². The van der Waals surface area contributed by atoms with Crippen molar-refractivity contribution < 1.29 is 13.2 Å². The van der Waals surface area contributed by atoms with Gasteiger partial charge in [-0.25, -0.2) is 8.42 Å². The maximum atomic E-state index is 11.3. The molecule has 1 rings (SSSR count). The van der Waals surface area contributed by atoms with Crippen LogP contribution in [-0.4, -0.2) is 20.6 Å². The van der Waals surface area contributed by atoms with Crippen LogP contribution in [0.2, 0.25) is 0 Å². The molecule has 0 saturated carbocycles. The number of nitrogens with one attached hydrogen (secondary N) is 1. The SMILES string of the molecule is CCC(=O)N[C@@H](C)c1ccc(S(C)(=O)=O)cc1. The van der Waals surface area contributed by atoms with E-state index in [1.807, 2.05) is 6.92 Å². The van der Waals surface area contributed by atoms with E-state index >= 15 is 0 Å². The summed E-state index contributed by atoms with van der Waals surface area (Å²) in [5.41, 5.74) is 0.888. The highest BCUT2D eigenvalue weighted by Crippen LogP contribution is 2.16. The number of hydrogen-bond donors (Lipinski definition) is 1. The van der Waals surface area contributed by atoms with Crippen LogP contribution < -0.4 is 5.32 Å². The molecule has 4 nitrogen and oxygen atoms in total. The number of carbonyl (C=O) groups excluding carboxylic acids is 1. The van der Waals surface area contributed by atoms with Crippen LogP contribution in [0.3, 0.4) is 0 Å². The summed E-state index contributed by atoms with van der Waals surface area (Å²) in [5.74, 6) is -0.0234. The van der Waals surface area contributed by atoms with E-state index in [0.29, 0.717) is 6.42 Å². The lowest BCUT2D eigenvalue weighted by Gasteiger charge is -2.13. The molecule has 1 N–H and O–H groups in total. The van der Waals surface area contributed by atoms with Gasteiger partial charge in [0, 0.05) is 12.7 Å². The highest BCUT2D eigenvalue weighted by atomic mass is 32.2. The molecule has 0 aromatic heterocycles. The second-order valence-corrected chi connectivity index (χ2v) is 6.00. The van der Waals surface area contributed by atoms with Crippen molar-refractivity contribution in [1.82, 2.24) is 5.32 Å². The van der Waals surface area contributed by atoms with Gasteiger partial charge in [0.1, 0.15) is 0 Å². The Bertz CT molecular complexity index is 491. The quantitative estimate of drug-likeness (QED) is 0.890. The van der Waals surface area contributed by atoms with Crippen molar-refractivity contribution in [3.8, 4) is 0 Å². The first-order chi connectivity index (χ1) is 7.84. The third-order valence-corrected chi connectivity index (χ3v) is 3.64. The van der Waals surface area contributed by atoms with Crippen molar-refractivity contribution in [1.29, 1.82) is 0 Å². The standard InChI is InChI=1S/C12H17NO3S/c1-4-12(14)13-9(2)10-5-7-11(8-6-10)17(3,15)16/h5-9H,4H2,1-3H3,(H,13,14)/t9-/m0/s1. The molecule has 0 radical (unpaired) electrons. The average Bonchev–Trinajstić information content (AvgIpc) is 2.27. The van der Waals surface area contributed by atoms with E-state index in [0.717, 1.165) is 5.56 Å². The van der Waals surface area contributed by atoms with Crippen LogP contribution in [0.5, 0.6) is 0 Å². The summed E-state index contributed by atoms with van der Waals surface area (Å²) in [6, 6.07) is 6.43. The lowest BCUT2D eigenvalue weighted by molar-refractivity contribution is -0.121. The zero-order chi connectivity index (χ0) is 13.1. The van der Waals surface area contributed by atoms with Crippen molar-refractivity contribution in [2.75, 3.05) is 6.26 Å². The molecule has 0 aliphatic carbocycles. The summed E-state index contributed by atoms with van der Waals surface area (Å²) in [6.45, 7) is 3.65. The Labute approximate surface area is 102 Å². The average molecular weight is 255 g/mol. The summed E-state index contributed by atoms with van der Waals surface area (Å²) in [6.07, 6.45) is 1.61. The van der Waals surface area contributed by atoms with Crippen molar-refractivity contribution in [3.05, 3.63) is 29.8 Å². The van der Waals surface area contributed by atoms with Crippen molar-refractivity contribution in [2.24, 2.45) is 0 Å². The Morgan fingerprint density at radius 3 is 2.24 bits per heavy atom. The molecular weight excluding hydrogens is 238 g/mol. The third-order valence-electron chi connectivity index (χ3n) is 2.51. The van der Waals surface area contributed by atoms with E-state index < -0.39 is 9.84 Å². The van der Waals surface area contributed by atoms with Crippen LogP contribution in [0, 0.1) is 0 Å². The highest BCUT2D eigenvalue weighted by Gasteiger charge is 2.10. The zero-order valence-corrected chi connectivity index (χ0v) is 11.0. The Balaban J connectivity index is 2.84. The molecule has 94 valence electrons. The summed E-state index contributed by atoms with van der Waals surface area (Å²) in [7, 11) is -3.16. The minimum Gasteiger partial charge on any atom is -0.350 e. The van der Waals surface area contributed by atoms with Gasteiger partial charge in [-0.1, -0.05) is 19.1 Å². The van der Waals surface area contributed by atoms with E-state index in [1.54, 1.807) is 31.2 Å². The lowest BCUT2D eigenvalue weighted by Crippen LogP contribution is -2.25. The fourth-order valence-corrected chi connectivity index (χ4v) is 2.06. The van der Waals surface area contributed by atoms with Gasteiger partial charge in [-0.15, -0.1) is 0 Å². The molecule has 17 heavy (non-hydrogen) atoms. The molecule has 0 heterocycles. The van der Waals surface area contributed by atoms with Gasteiger partial charge < -0.3 is 5.32 Å². The first-order valence-corrected chi connectivity index (χ1v) is 7.33. The Morgan fingerprint density at radius 1 is 1.29 bits per heavy atom. The predicted octanol–water partition coefficient (Wildman–Crippen LogP) is 1.68. The third kappa shape index (κ3) is 3.85. The van der Waals surface area contributed by atoms with Gasteiger partial charge in [-0.05, 0) is 24.6 Å². The van der Waals surface area contributed by atoms with E-state index in [2.05, 4.69) is 5.32 Å². The minimum atomic E-state index is -3.16. The first-order valence-electron chi connectivity index (χ1n) is 5.44. The molecule has 0 fully saturated rings. The molecule has 0 unspecified atom stereocenters. The highest BCUT2D eigenvalue weighted by molar-refractivity contribution is 7.90. The predicted molar refractivity (Wildman–Crippen MR) is 66.4 cm³/mol. The molecule has 1 atom stereocenters. The molecule has 0 aliphatic heterocycles. The molecule has 1 aromatic carbocycles. The van der Waals surface area contributed by atoms with Gasteiger partial charge in [-0.3, -0.25) is 4.79 Å². The molecule has 1 amide bonds.